The minimum absolute atomic E-state index is 0.178. The standard InChI is InChI=1S/C15H20N2O/c1-11-6-4-5-7-14(11)10-17-13(3)15(8-9-18)12(2)16-17/h4-7,18H,8-10H2,1-3H3. The summed E-state index contributed by atoms with van der Waals surface area (Å²) in [6.45, 7) is 7.17. The largest absolute Gasteiger partial charge is 0.396 e. The van der Waals surface area contributed by atoms with Crippen LogP contribution in [-0.2, 0) is 13.0 Å². The number of aliphatic hydroxyl groups is 1. The molecule has 0 aliphatic heterocycles. The minimum Gasteiger partial charge on any atom is -0.396 e. The van der Waals surface area contributed by atoms with Crippen molar-refractivity contribution in [2.45, 2.75) is 33.7 Å². The molecule has 1 heterocycles. The van der Waals surface area contributed by atoms with E-state index >= 15 is 0 Å². The summed E-state index contributed by atoms with van der Waals surface area (Å²) in [5.41, 5.74) is 5.93. The fraction of sp³-hybridized carbons (Fsp3) is 0.400. The zero-order chi connectivity index (χ0) is 13.1. The maximum Gasteiger partial charge on any atom is 0.0665 e. The second-order valence-electron chi connectivity index (χ2n) is 4.71. The van der Waals surface area contributed by atoms with E-state index in [1.54, 1.807) is 0 Å². The zero-order valence-corrected chi connectivity index (χ0v) is 11.3. The average molecular weight is 244 g/mol. The summed E-state index contributed by atoms with van der Waals surface area (Å²) in [4.78, 5) is 0. The topological polar surface area (TPSA) is 38.0 Å². The molecule has 0 bridgehead atoms. The Morgan fingerprint density at radius 3 is 2.56 bits per heavy atom. The number of aromatic nitrogens is 2. The number of hydrogen-bond donors (Lipinski definition) is 1. The maximum atomic E-state index is 9.07. The van der Waals surface area contributed by atoms with Crippen LogP contribution in [0, 0.1) is 20.8 Å². The van der Waals surface area contributed by atoms with Gasteiger partial charge in [-0.3, -0.25) is 4.68 Å². The van der Waals surface area contributed by atoms with Crippen LogP contribution in [0.4, 0.5) is 0 Å². The highest BCUT2D eigenvalue weighted by Crippen LogP contribution is 2.16. The predicted molar refractivity (Wildman–Crippen MR) is 72.8 cm³/mol. The number of nitrogens with zero attached hydrogens (tertiary/aromatic N) is 2. The number of aryl methyl sites for hydroxylation is 2. The lowest BCUT2D eigenvalue weighted by Gasteiger charge is -2.08. The molecule has 0 radical (unpaired) electrons. The van der Waals surface area contributed by atoms with Crippen LogP contribution in [0.1, 0.15) is 28.1 Å². The molecule has 96 valence electrons. The van der Waals surface area contributed by atoms with Crippen LogP contribution in [0.3, 0.4) is 0 Å². The van der Waals surface area contributed by atoms with Gasteiger partial charge in [-0.05, 0) is 43.9 Å². The van der Waals surface area contributed by atoms with Crippen molar-refractivity contribution in [1.29, 1.82) is 0 Å². The van der Waals surface area contributed by atoms with Gasteiger partial charge in [-0.25, -0.2) is 0 Å². The van der Waals surface area contributed by atoms with Gasteiger partial charge in [0.05, 0.1) is 12.2 Å². The molecular weight excluding hydrogens is 224 g/mol. The Balaban J connectivity index is 2.30. The molecular formula is C15H20N2O. The third kappa shape index (κ3) is 2.46. The maximum absolute atomic E-state index is 9.07. The summed E-state index contributed by atoms with van der Waals surface area (Å²) < 4.78 is 2.03. The van der Waals surface area contributed by atoms with Crippen molar-refractivity contribution in [3.05, 3.63) is 52.3 Å². The monoisotopic (exact) mass is 244 g/mol. The van der Waals surface area contributed by atoms with E-state index in [1.165, 1.54) is 16.7 Å². The van der Waals surface area contributed by atoms with Crippen LogP contribution in [0.15, 0.2) is 24.3 Å². The van der Waals surface area contributed by atoms with E-state index < -0.39 is 0 Å². The van der Waals surface area contributed by atoms with E-state index in [9.17, 15) is 0 Å². The van der Waals surface area contributed by atoms with Gasteiger partial charge in [0.2, 0.25) is 0 Å². The molecule has 0 saturated heterocycles. The van der Waals surface area contributed by atoms with Gasteiger partial charge in [0.1, 0.15) is 0 Å². The van der Waals surface area contributed by atoms with Crippen LogP contribution in [0.5, 0.6) is 0 Å². The first-order valence-electron chi connectivity index (χ1n) is 6.31. The lowest BCUT2D eigenvalue weighted by molar-refractivity contribution is 0.299. The highest BCUT2D eigenvalue weighted by molar-refractivity contribution is 5.29. The first-order chi connectivity index (χ1) is 8.63. The van der Waals surface area contributed by atoms with Gasteiger partial charge in [0.15, 0.2) is 0 Å². The molecule has 2 aromatic rings. The van der Waals surface area contributed by atoms with Gasteiger partial charge >= 0.3 is 0 Å². The second kappa shape index (κ2) is 5.36. The van der Waals surface area contributed by atoms with Gasteiger partial charge in [-0.1, -0.05) is 24.3 Å². The van der Waals surface area contributed by atoms with E-state index in [2.05, 4.69) is 43.2 Å². The number of aliphatic hydroxyl groups excluding tert-OH is 1. The molecule has 0 unspecified atom stereocenters. The summed E-state index contributed by atoms with van der Waals surface area (Å²) in [7, 11) is 0. The summed E-state index contributed by atoms with van der Waals surface area (Å²) in [5.74, 6) is 0. The van der Waals surface area contributed by atoms with Crippen LogP contribution < -0.4 is 0 Å². The molecule has 2 rings (SSSR count). The smallest absolute Gasteiger partial charge is 0.0665 e. The number of hydrogen-bond acceptors (Lipinski definition) is 2. The summed E-state index contributed by atoms with van der Waals surface area (Å²) in [6.07, 6.45) is 0.686. The molecule has 1 aromatic carbocycles. The molecule has 1 aromatic heterocycles. The van der Waals surface area contributed by atoms with Gasteiger partial charge in [0, 0.05) is 12.3 Å². The fourth-order valence-electron chi connectivity index (χ4n) is 2.31. The highest BCUT2D eigenvalue weighted by atomic mass is 16.2. The lowest BCUT2D eigenvalue weighted by Crippen LogP contribution is -2.06. The summed E-state index contributed by atoms with van der Waals surface area (Å²) in [6, 6.07) is 8.37. The van der Waals surface area contributed by atoms with E-state index in [4.69, 9.17) is 5.11 Å². The molecule has 0 spiro atoms. The average Bonchev–Trinajstić information content (AvgIpc) is 2.60. The molecule has 0 atom stereocenters. The van der Waals surface area contributed by atoms with Crippen molar-refractivity contribution < 1.29 is 5.11 Å². The Morgan fingerprint density at radius 1 is 1.17 bits per heavy atom. The van der Waals surface area contributed by atoms with Gasteiger partial charge in [0.25, 0.3) is 0 Å². The molecule has 0 saturated carbocycles. The third-order valence-electron chi connectivity index (χ3n) is 3.47. The molecule has 0 amide bonds. The Morgan fingerprint density at radius 2 is 1.89 bits per heavy atom. The quantitative estimate of drug-likeness (QED) is 0.896. The highest BCUT2D eigenvalue weighted by Gasteiger charge is 2.11. The SMILES string of the molecule is Cc1ccccc1Cn1nc(C)c(CCO)c1C. The predicted octanol–water partition coefficient (Wildman–Crippen LogP) is 2.39. The Labute approximate surface area is 108 Å². The lowest BCUT2D eigenvalue weighted by atomic mass is 10.1. The van der Waals surface area contributed by atoms with Crippen molar-refractivity contribution >= 4 is 0 Å². The van der Waals surface area contributed by atoms with E-state index in [-0.39, 0.29) is 6.61 Å². The zero-order valence-electron chi connectivity index (χ0n) is 11.3. The Kier molecular flexibility index (Phi) is 3.82. The van der Waals surface area contributed by atoms with Crippen LogP contribution in [0.25, 0.3) is 0 Å². The van der Waals surface area contributed by atoms with Crippen molar-refractivity contribution in [2.24, 2.45) is 0 Å². The first kappa shape index (κ1) is 12.8. The molecule has 0 aliphatic carbocycles. The summed E-state index contributed by atoms with van der Waals surface area (Å²) >= 11 is 0. The van der Waals surface area contributed by atoms with Crippen molar-refractivity contribution in [3.8, 4) is 0 Å². The van der Waals surface area contributed by atoms with E-state index in [0.29, 0.717) is 6.42 Å². The molecule has 0 fully saturated rings. The minimum atomic E-state index is 0.178. The van der Waals surface area contributed by atoms with Gasteiger partial charge < -0.3 is 5.11 Å². The van der Waals surface area contributed by atoms with Gasteiger partial charge in [-0.2, -0.15) is 5.10 Å². The van der Waals surface area contributed by atoms with Crippen molar-refractivity contribution in [1.82, 2.24) is 9.78 Å². The van der Waals surface area contributed by atoms with Crippen molar-refractivity contribution in [2.75, 3.05) is 6.61 Å². The van der Waals surface area contributed by atoms with Gasteiger partial charge in [-0.15, -0.1) is 0 Å². The Hall–Kier alpha value is -1.61. The number of rotatable bonds is 4. The molecule has 1 N–H and O–H groups in total. The third-order valence-corrected chi connectivity index (χ3v) is 3.47. The van der Waals surface area contributed by atoms with Crippen LogP contribution in [0.2, 0.25) is 0 Å². The molecule has 3 nitrogen and oxygen atoms in total. The fourth-order valence-corrected chi connectivity index (χ4v) is 2.31. The number of benzene rings is 1. The van der Waals surface area contributed by atoms with E-state index in [0.717, 1.165) is 17.9 Å². The van der Waals surface area contributed by atoms with Crippen LogP contribution >= 0.6 is 0 Å². The van der Waals surface area contributed by atoms with E-state index in [1.807, 2.05) is 11.6 Å². The molecule has 3 heteroatoms. The first-order valence-corrected chi connectivity index (χ1v) is 6.31. The normalized spacial score (nSPS) is 10.9. The molecule has 18 heavy (non-hydrogen) atoms. The van der Waals surface area contributed by atoms with Crippen LogP contribution in [-0.4, -0.2) is 21.5 Å². The van der Waals surface area contributed by atoms with Crippen molar-refractivity contribution in [3.63, 3.8) is 0 Å². The Bertz CT molecular complexity index is 543. The molecule has 0 aliphatic rings. The second-order valence-corrected chi connectivity index (χ2v) is 4.71. The summed E-state index contributed by atoms with van der Waals surface area (Å²) in [5, 5.41) is 13.6.